The second-order valence-electron chi connectivity index (χ2n) is 5.18. The SMILES string of the molecule is COc1cc(C(=O)Nc2nc3ccccc3n2C)ccc1OC(F)F. The molecule has 2 aromatic carbocycles. The van der Waals surface area contributed by atoms with E-state index in [9.17, 15) is 13.6 Å². The number of rotatable bonds is 5. The van der Waals surface area contributed by atoms with Crippen molar-refractivity contribution < 1.29 is 23.0 Å². The third-order valence-corrected chi connectivity index (χ3v) is 3.65. The molecule has 0 fully saturated rings. The molecule has 130 valence electrons. The highest BCUT2D eigenvalue weighted by Gasteiger charge is 2.16. The van der Waals surface area contributed by atoms with Crippen LogP contribution < -0.4 is 14.8 Å². The van der Waals surface area contributed by atoms with Gasteiger partial charge in [-0.25, -0.2) is 4.98 Å². The number of fused-ring (bicyclic) bond motifs is 1. The number of aryl methyl sites for hydroxylation is 1. The molecule has 3 aromatic rings. The maximum atomic E-state index is 12.4. The Labute approximate surface area is 142 Å². The number of carbonyl (C=O) groups is 1. The van der Waals surface area contributed by atoms with E-state index in [1.165, 1.54) is 25.3 Å². The molecule has 0 saturated heterocycles. The maximum absolute atomic E-state index is 12.4. The first kappa shape index (κ1) is 16.7. The van der Waals surface area contributed by atoms with E-state index >= 15 is 0 Å². The molecule has 0 unspecified atom stereocenters. The van der Waals surface area contributed by atoms with Gasteiger partial charge in [-0.2, -0.15) is 8.78 Å². The lowest BCUT2D eigenvalue weighted by molar-refractivity contribution is -0.0512. The summed E-state index contributed by atoms with van der Waals surface area (Å²) in [6, 6.07) is 11.4. The fraction of sp³-hybridized carbons (Fsp3) is 0.176. The smallest absolute Gasteiger partial charge is 0.387 e. The number of ether oxygens (including phenoxy) is 2. The molecule has 0 atom stereocenters. The summed E-state index contributed by atoms with van der Waals surface area (Å²) in [6.07, 6.45) is 0. The summed E-state index contributed by atoms with van der Waals surface area (Å²) in [6.45, 7) is -2.98. The Morgan fingerprint density at radius 2 is 1.96 bits per heavy atom. The zero-order chi connectivity index (χ0) is 18.0. The Balaban J connectivity index is 1.86. The van der Waals surface area contributed by atoms with E-state index in [1.807, 2.05) is 24.3 Å². The van der Waals surface area contributed by atoms with Crippen molar-refractivity contribution in [3.05, 3.63) is 48.0 Å². The second kappa shape index (κ2) is 6.76. The molecule has 0 aliphatic rings. The Morgan fingerprint density at radius 1 is 1.20 bits per heavy atom. The standard InChI is InChI=1S/C17H15F2N3O3/c1-22-12-6-4-3-5-11(12)20-17(22)21-15(23)10-7-8-13(25-16(18)19)14(9-10)24-2/h3-9,16H,1-2H3,(H,20,21,23). The number of hydrogen-bond acceptors (Lipinski definition) is 4. The van der Waals surface area contributed by atoms with Gasteiger partial charge in [0.15, 0.2) is 11.5 Å². The number of benzene rings is 2. The molecule has 6 nitrogen and oxygen atoms in total. The molecule has 8 heteroatoms. The highest BCUT2D eigenvalue weighted by atomic mass is 19.3. The molecule has 1 N–H and O–H groups in total. The molecule has 0 aliphatic heterocycles. The number of imidazole rings is 1. The van der Waals surface area contributed by atoms with Gasteiger partial charge in [0.25, 0.3) is 5.91 Å². The number of nitrogens with one attached hydrogen (secondary N) is 1. The number of aromatic nitrogens is 2. The zero-order valence-electron chi connectivity index (χ0n) is 13.5. The summed E-state index contributed by atoms with van der Waals surface area (Å²) < 4.78 is 35.8. The van der Waals surface area contributed by atoms with Crippen molar-refractivity contribution in [2.45, 2.75) is 6.61 Å². The number of hydrogen-bond donors (Lipinski definition) is 1. The van der Waals surface area contributed by atoms with Gasteiger partial charge in [0, 0.05) is 12.6 Å². The zero-order valence-corrected chi connectivity index (χ0v) is 13.5. The molecule has 1 heterocycles. The summed E-state index contributed by atoms with van der Waals surface area (Å²) in [5.74, 6) is -0.173. The highest BCUT2D eigenvalue weighted by molar-refractivity contribution is 6.04. The number of alkyl halides is 2. The largest absolute Gasteiger partial charge is 0.493 e. The van der Waals surface area contributed by atoms with Crippen LogP contribution in [0.4, 0.5) is 14.7 Å². The van der Waals surface area contributed by atoms with Crippen LogP contribution in [0.5, 0.6) is 11.5 Å². The average Bonchev–Trinajstić information content (AvgIpc) is 2.91. The van der Waals surface area contributed by atoms with Gasteiger partial charge in [0.1, 0.15) is 0 Å². The molecule has 0 saturated carbocycles. The molecular formula is C17H15F2N3O3. The van der Waals surface area contributed by atoms with E-state index in [4.69, 9.17) is 4.74 Å². The van der Waals surface area contributed by atoms with Gasteiger partial charge >= 0.3 is 6.61 Å². The van der Waals surface area contributed by atoms with Gasteiger partial charge in [-0.05, 0) is 30.3 Å². The fourth-order valence-electron chi connectivity index (χ4n) is 2.43. The first-order valence-corrected chi connectivity index (χ1v) is 7.35. The lowest BCUT2D eigenvalue weighted by Crippen LogP contribution is -2.15. The van der Waals surface area contributed by atoms with Gasteiger partial charge in [-0.15, -0.1) is 0 Å². The summed E-state index contributed by atoms with van der Waals surface area (Å²) in [7, 11) is 3.09. The fourth-order valence-corrected chi connectivity index (χ4v) is 2.43. The quantitative estimate of drug-likeness (QED) is 0.768. The van der Waals surface area contributed by atoms with Crippen molar-refractivity contribution in [3.63, 3.8) is 0 Å². The Morgan fingerprint density at radius 3 is 2.64 bits per heavy atom. The van der Waals surface area contributed by atoms with Crippen LogP contribution in [0.3, 0.4) is 0 Å². The highest BCUT2D eigenvalue weighted by Crippen LogP contribution is 2.29. The molecular weight excluding hydrogens is 332 g/mol. The number of para-hydroxylation sites is 2. The van der Waals surface area contributed by atoms with E-state index < -0.39 is 12.5 Å². The summed E-state index contributed by atoms with van der Waals surface area (Å²) in [5.41, 5.74) is 1.85. The van der Waals surface area contributed by atoms with Crippen LogP contribution in [0.15, 0.2) is 42.5 Å². The number of amides is 1. The van der Waals surface area contributed by atoms with Crippen molar-refractivity contribution in [2.75, 3.05) is 12.4 Å². The number of nitrogens with zero attached hydrogens (tertiary/aromatic N) is 2. The van der Waals surface area contributed by atoms with E-state index in [0.717, 1.165) is 11.0 Å². The normalized spacial score (nSPS) is 10.9. The average molecular weight is 347 g/mol. The number of carbonyl (C=O) groups excluding carboxylic acids is 1. The monoisotopic (exact) mass is 347 g/mol. The minimum absolute atomic E-state index is 0.0398. The lowest BCUT2D eigenvalue weighted by atomic mass is 10.2. The Hall–Kier alpha value is -3.16. The van der Waals surface area contributed by atoms with Gasteiger partial charge in [-0.1, -0.05) is 12.1 Å². The van der Waals surface area contributed by atoms with Crippen LogP contribution in [0.25, 0.3) is 11.0 Å². The Bertz CT molecular complexity index is 925. The van der Waals surface area contributed by atoms with Crippen LogP contribution in [0.2, 0.25) is 0 Å². The van der Waals surface area contributed by atoms with E-state index in [-0.39, 0.29) is 17.1 Å². The molecule has 1 amide bonds. The van der Waals surface area contributed by atoms with Gasteiger partial charge < -0.3 is 14.0 Å². The molecule has 0 radical (unpaired) electrons. The third-order valence-electron chi connectivity index (χ3n) is 3.65. The molecule has 0 spiro atoms. The van der Waals surface area contributed by atoms with E-state index in [0.29, 0.717) is 5.95 Å². The molecule has 1 aromatic heterocycles. The van der Waals surface area contributed by atoms with Crippen LogP contribution in [-0.2, 0) is 7.05 Å². The number of halogens is 2. The minimum Gasteiger partial charge on any atom is -0.493 e. The van der Waals surface area contributed by atoms with Gasteiger partial charge in [0.05, 0.1) is 18.1 Å². The minimum atomic E-state index is -2.98. The summed E-state index contributed by atoms with van der Waals surface area (Å²) in [5, 5.41) is 2.70. The van der Waals surface area contributed by atoms with Gasteiger partial charge in [0.2, 0.25) is 5.95 Å². The van der Waals surface area contributed by atoms with E-state index in [2.05, 4.69) is 15.0 Å². The molecule has 25 heavy (non-hydrogen) atoms. The predicted octanol–water partition coefficient (Wildman–Crippen LogP) is 3.44. The maximum Gasteiger partial charge on any atom is 0.387 e. The van der Waals surface area contributed by atoms with Crippen LogP contribution in [0, 0.1) is 0 Å². The van der Waals surface area contributed by atoms with Crippen LogP contribution in [-0.4, -0.2) is 29.2 Å². The topological polar surface area (TPSA) is 65.4 Å². The number of anilines is 1. The van der Waals surface area contributed by atoms with Crippen LogP contribution in [0.1, 0.15) is 10.4 Å². The van der Waals surface area contributed by atoms with Crippen LogP contribution >= 0.6 is 0 Å². The second-order valence-corrected chi connectivity index (χ2v) is 5.18. The first-order chi connectivity index (χ1) is 12.0. The first-order valence-electron chi connectivity index (χ1n) is 7.35. The lowest BCUT2D eigenvalue weighted by Gasteiger charge is -2.11. The summed E-state index contributed by atoms with van der Waals surface area (Å²) in [4.78, 5) is 16.8. The van der Waals surface area contributed by atoms with Crippen molar-refractivity contribution in [1.29, 1.82) is 0 Å². The van der Waals surface area contributed by atoms with Gasteiger partial charge in [-0.3, -0.25) is 10.1 Å². The third kappa shape index (κ3) is 3.37. The Kier molecular flexibility index (Phi) is 4.51. The molecule has 0 bridgehead atoms. The number of methoxy groups -OCH3 is 1. The summed E-state index contributed by atoms with van der Waals surface area (Å²) >= 11 is 0. The van der Waals surface area contributed by atoms with Crippen molar-refractivity contribution in [1.82, 2.24) is 9.55 Å². The molecule has 0 aliphatic carbocycles. The molecule has 3 rings (SSSR count). The van der Waals surface area contributed by atoms with E-state index in [1.54, 1.807) is 11.6 Å². The van der Waals surface area contributed by atoms with Crippen molar-refractivity contribution in [2.24, 2.45) is 7.05 Å². The van der Waals surface area contributed by atoms with Crippen molar-refractivity contribution in [3.8, 4) is 11.5 Å². The predicted molar refractivity (Wildman–Crippen MR) is 88.3 cm³/mol. The van der Waals surface area contributed by atoms with Crippen molar-refractivity contribution >= 4 is 22.9 Å².